The van der Waals surface area contributed by atoms with Crippen LogP contribution in [0.2, 0.25) is 0 Å². The fourth-order valence-corrected chi connectivity index (χ4v) is 3.13. The molecule has 0 bridgehead atoms. The largest absolute Gasteiger partial charge is 0.392 e. The second kappa shape index (κ2) is 4.57. The van der Waals surface area contributed by atoms with Gasteiger partial charge in [0.25, 0.3) is 0 Å². The molecule has 1 aliphatic heterocycles. The van der Waals surface area contributed by atoms with Gasteiger partial charge in [0.05, 0.1) is 6.10 Å². The molecular formula is C9H14N4O3S. The third kappa shape index (κ3) is 2.39. The van der Waals surface area contributed by atoms with Gasteiger partial charge in [-0.05, 0) is 18.6 Å². The van der Waals surface area contributed by atoms with Crippen LogP contribution in [0.1, 0.15) is 6.42 Å². The van der Waals surface area contributed by atoms with Gasteiger partial charge in [-0.1, -0.05) is 0 Å². The highest BCUT2D eigenvalue weighted by molar-refractivity contribution is 7.89. The summed E-state index contributed by atoms with van der Waals surface area (Å²) in [6, 6.07) is 2.92. The molecule has 2 heterocycles. The van der Waals surface area contributed by atoms with Gasteiger partial charge in [0.2, 0.25) is 10.0 Å². The second-order valence-electron chi connectivity index (χ2n) is 3.83. The maximum Gasteiger partial charge on any atom is 0.244 e. The minimum atomic E-state index is -3.55. The summed E-state index contributed by atoms with van der Waals surface area (Å²) in [6.45, 7) is 0.472. The second-order valence-corrected chi connectivity index (χ2v) is 5.77. The van der Waals surface area contributed by atoms with E-state index in [2.05, 4.69) is 10.4 Å². The van der Waals surface area contributed by atoms with Crippen molar-refractivity contribution in [3.05, 3.63) is 18.3 Å². The smallest absolute Gasteiger partial charge is 0.244 e. The average Bonchev–Trinajstić information content (AvgIpc) is 2.77. The number of nitrogens with one attached hydrogen (secondary N) is 1. The summed E-state index contributed by atoms with van der Waals surface area (Å²) in [5, 5.41) is 9.34. The zero-order chi connectivity index (χ0) is 12.5. The number of nitrogens with two attached hydrogens (primary N) is 1. The normalized spacial score (nSPS) is 21.6. The lowest BCUT2D eigenvalue weighted by Gasteiger charge is -2.15. The quantitative estimate of drug-likeness (QED) is 0.480. The molecule has 2 rings (SSSR count). The van der Waals surface area contributed by atoms with Gasteiger partial charge < -0.3 is 10.5 Å². The van der Waals surface area contributed by atoms with Gasteiger partial charge in [-0.25, -0.2) is 19.2 Å². The molecule has 1 aromatic rings. The molecule has 0 saturated carbocycles. The summed E-state index contributed by atoms with van der Waals surface area (Å²) in [6.07, 6.45) is 1.13. The van der Waals surface area contributed by atoms with Crippen molar-refractivity contribution in [3.63, 3.8) is 0 Å². The van der Waals surface area contributed by atoms with Gasteiger partial charge in [-0.15, -0.1) is 0 Å². The van der Waals surface area contributed by atoms with Crippen molar-refractivity contribution in [3.8, 4) is 0 Å². The average molecular weight is 258 g/mol. The summed E-state index contributed by atoms with van der Waals surface area (Å²) in [5.74, 6) is 5.54. The molecule has 8 heteroatoms. The Morgan fingerprint density at radius 2 is 2.29 bits per heavy atom. The summed E-state index contributed by atoms with van der Waals surface area (Å²) >= 11 is 0. The Kier molecular flexibility index (Phi) is 3.29. The highest BCUT2D eigenvalue weighted by Gasteiger charge is 2.31. The third-order valence-electron chi connectivity index (χ3n) is 2.65. The van der Waals surface area contributed by atoms with Crippen molar-refractivity contribution in [2.75, 3.05) is 18.5 Å². The Morgan fingerprint density at radius 3 is 2.76 bits per heavy atom. The molecule has 4 N–H and O–H groups in total. The predicted molar refractivity (Wildman–Crippen MR) is 61.4 cm³/mol. The van der Waals surface area contributed by atoms with Crippen LogP contribution in [-0.4, -0.2) is 42.0 Å². The van der Waals surface area contributed by atoms with E-state index in [-0.39, 0.29) is 11.4 Å². The first-order chi connectivity index (χ1) is 8.04. The lowest BCUT2D eigenvalue weighted by Crippen LogP contribution is -2.29. The van der Waals surface area contributed by atoms with Crippen LogP contribution in [0.15, 0.2) is 23.2 Å². The third-order valence-corrected chi connectivity index (χ3v) is 4.50. The summed E-state index contributed by atoms with van der Waals surface area (Å²) in [7, 11) is -3.55. The molecule has 1 aromatic heterocycles. The van der Waals surface area contributed by atoms with Crippen LogP contribution >= 0.6 is 0 Å². The zero-order valence-electron chi connectivity index (χ0n) is 9.07. The van der Waals surface area contributed by atoms with E-state index in [9.17, 15) is 13.5 Å². The lowest BCUT2D eigenvalue weighted by molar-refractivity contribution is 0.189. The minimum Gasteiger partial charge on any atom is -0.392 e. The Morgan fingerprint density at radius 1 is 1.53 bits per heavy atom. The molecule has 1 atom stereocenters. The Balaban J connectivity index is 2.25. The molecular weight excluding hydrogens is 244 g/mol. The molecule has 1 fully saturated rings. The maximum atomic E-state index is 12.1. The van der Waals surface area contributed by atoms with E-state index in [0.29, 0.717) is 18.8 Å². The molecule has 0 amide bonds. The van der Waals surface area contributed by atoms with E-state index in [1.807, 2.05) is 0 Å². The molecule has 1 unspecified atom stereocenters. The van der Waals surface area contributed by atoms with Gasteiger partial charge in [0.15, 0.2) is 0 Å². The van der Waals surface area contributed by atoms with Crippen molar-refractivity contribution >= 4 is 15.8 Å². The molecule has 1 saturated heterocycles. The van der Waals surface area contributed by atoms with Crippen molar-refractivity contribution in [2.24, 2.45) is 5.84 Å². The zero-order valence-corrected chi connectivity index (χ0v) is 9.89. The number of nitrogens with zero attached hydrogens (tertiary/aromatic N) is 2. The molecule has 17 heavy (non-hydrogen) atoms. The number of rotatable bonds is 3. The maximum absolute atomic E-state index is 12.1. The highest BCUT2D eigenvalue weighted by atomic mass is 32.2. The molecule has 7 nitrogen and oxygen atoms in total. The molecule has 94 valence electrons. The molecule has 1 aliphatic rings. The Labute approximate surface area is 99.3 Å². The van der Waals surface area contributed by atoms with Gasteiger partial charge in [0, 0.05) is 19.3 Å². The van der Waals surface area contributed by atoms with Crippen LogP contribution in [0.3, 0.4) is 0 Å². The van der Waals surface area contributed by atoms with Crippen molar-refractivity contribution in [2.45, 2.75) is 17.4 Å². The van der Waals surface area contributed by atoms with Gasteiger partial charge in [-0.2, -0.15) is 4.31 Å². The first-order valence-electron chi connectivity index (χ1n) is 5.15. The first kappa shape index (κ1) is 12.2. The number of aliphatic hydroxyl groups excluding tert-OH is 1. The Hall–Kier alpha value is -1.22. The predicted octanol–water partition coefficient (Wildman–Crippen LogP) is -0.877. The minimum absolute atomic E-state index is 0.102. The summed E-state index contributed by atoms with van der Waals surface area (Å²) in [4.78, 5) is 3.95. The number of hydrazine groups is 1. The van der Waals surface area contributed by atoms with Crippen LogP contribution in [-0.2, 0) is 10.0 Å². The van der Waals surface area contributed by atoms with Crippen molar-refractivity contribution in [1.82, 2.24) is 9.29 Å². The molecule has 0 radical (unpaired) electrons. The molecule has 0 aromatic carbocycles. The first-order valence-corrected chi connectivity index (χ1v) is 6.59. The number of β-amino-alcohol motifs (C(OH)–C–C–N with tert-alkyl or cyclic N) is 1. The van der Waals surface area contributed by atoms with Gasteiger partial charge >= 0.3 is 0 Å². The van der Waals surface area contributed by atoms with Crippen LogP contribution in [0, 0.1) is 0 Å². The number of pyridine rings is 1. The number of aromatic nitrogens is 1. The van der Waals surface area contributed by atoms with E-state index in [1.54, 1.807) is 0 Å². The van der Waals surface area contributed by atoms with Crippen molar-refractivity contribution in [1.29, 1.82) is 0 Å². The number of hydrogen-bond donors (Lipinski definition) is 3. The van der Waals surface area contributed by atoms with Crippen LogP contribution in [0.5, 0.6) is 0 Å². The van der Waals surface area contributed by atoms with Crippen LogP contribution < -0.4 is 11.3 Å². The fourth-order valence-electron chi connectivity index (χ4n) is 1.70. The fraction of sp³-hybridized carbons (Fsp3) is 0.444. The molecule has 0 spiro atoms. The number of sulfonamides is 1. The SMILES string of the molecule is NNc1ccc(S(=O)(=O)N2CCC(O)C2)cn1. The standard InChI is InChI=1S/C9H14N4O3S/c10-12-9-2-1-8(5-11-9)17(15,16)13-4-3-7(14)6-13/h1-2,5,7,14H,3-4,6,10H2,(H,11,12). The van der Waals surface area contributed by atoms with Crippen LogP contribution in [0.25, 0.3) is 0 Å². The van der Waals surface area contributed by atoms with E-state index >= 15 is 0 Å². The molecule has 0 aliphatic carbocycles. The van der Waals surface area contributed by atoms with Crippen molar-refractivity contribution < 1.29 is 13.5 Å². The number of nitrogen functional groups attached to an aromatic ring is 1. The summed E-state index contributed by atoms with van der Waals surface area (Å²) < 4.78 is 25.5. The summed E-state index contributed by atoms with van der Waals surface area (Å²) in [5.41, 5.74) is 2.32. The van der Waals surface area contributed by atoms with Gasteiger partial charge in [0.1, 0.15) is 10.7 Å². The van der Waals surface area contributed by atoms with E-state index in [1.165, 1.54) is 22.6 Å². The Bertz CT molecular complexity index is 487. The highest BCUT2D eigenvalue weighted by Crippen LogP contribution is 2.20. The number of hydrogen-bond acceptors (Lipinski definition) is 6. The van der Waals surface area contributed by atoms with E-state index in [4.69, 9.17) is 5.84 Å². The number of aliphatic hydroxyl groups is 1. The topological polar surface area (TPSA) is 109 Å². The van der Waals surface area contributed by atoms with Crippen LogP contribution in [0.4, 0.5) is 5.82 Å². The monoisotopic (exact) mass is 258 g/mol. The van der Waals surface area contributed by atoms with E-state index < -0.39 is 16.1 Å². The lowest BCUT2D eigenvalue weighted by atomic mass is 10.3. The van der Waals surface area contributed by atoms with Gasteiger partial charge in [-0.3, -0.25) is 0 Å². The van der Waals surface area contributed by atoms with E-state index in [0.717, 1.165) is 0 Å². The number of anilines is 1.